The zero-order chi connectivity index (χ0) is 21.6. The summed E-state index contributed by atoms with van der Waals surface area (Å²) in [7, 11) is 0. The normalized spacial score (nSPS) is 11.8. The van der Waals surface area contributed by atoms with E-state index < -0.39 is 22.8 Å². The maximum atomic E-state index is 13.0. The molecule has 0 aliphatic rings. The van der Waals surface area contributed by atoms with Crippen molar-refractivity contribution in [2.45, 2.75) is 44.2 Å². The predicted octanol–water partition coefficient (Wildman–Crippen LogP) is 4.44. The van der Waals surface area contributed by atoms with Crippen LogP contribution in [-0.4, -0.2) is 29.2 Å². The second kappa shape index (κ2) is 10.1. The number of nitrogens with zero attached hydrogens (tertiary/aromatic N) is 1. The summed E-state index contributed by atoms with van der Waals surface area (Å²) in [6.45, 7) is 5.24. The van der Waals surface area contributed by atoms with Crippen molar-refractivity contribution in [1.29, 1.82) is 0 Å². The smallest absolute Gasteiger partial charge is 0.308 e. The van der Waals surface area contributed by atoms with Crippen LogP contribution in [0.4, 0.5) is 5.69 Å². The Kier molecular flexibility index (Phi) is 7.78. The number of para-hydroxylation sites is 1. The topological polar surface area (TPSA) is 98.5 Å². The summed E-state index contributed by atoms with van der Waals surface area (Å²) < 4.78 is 5.19. The molecule has 0 heterocycles. The minimum Gasteiger partial charge on any atom is -0.463 e. The summed E-state index contributed by atoms with van der Waals surface area (Å²) in [5.74, 6) is -0.947. The highest BCUT2D eigenvalue weighted by molar-refractivity contribution is 7.98. The molecule has 0 spiro atoms. The fourth-order valence-electron chi connectivity index (χ4n) is 2.87. The van der Waals surface area contributed by atoms with Gasteiger partial charge in [-0.1, -0.05) is 24.3 Å². The van der Waals surface area contributed by atoms with Gasteiger partial charge in [-0.25, -0.2) is 0 Å². The Bertz CT molecular complexity index is 914. The second-order valence-corrected chi connectivity index (χ2v) is 7.65. The Morgan fingerprint density at radius 2 is 1.90 bits per heavy atom. The van der Waals surface area contributed by atoms with E-state index in [4.69, 9.17) is 4.74 Å². The summed E-state index contributed by atoms with van der Waals surface area (Å²) >= 11 is 1.50. The molecule has 2 aromatic rings. The zero-order valence-electron chi connectivity index (χ0n) is 16.8. The number of esters is 1. The van der Waals surface area contributed by atoms with Crippen molar-refractivity contribution in [2.75, 3.05) is 6.26 Å². The molecule has 0 fully saturated rings. The maximum Gasteiger partial charge on any atom is 0.308 e. The van der Waals surface area contributed by atoms with Gasteiger partial charge in [-0.05, 0) is 44.7 Å². The van der Waals surface area contributed by atoms with Gasteiger partial charge in [0.2, 0.25) is 0 Å². The third-order valence-electron chi connectivity index (χ3n) is 4.24. The molecule has 0 aliphatic heterocycles. The van der Waals surface area contributed by atoms with Crippen molar-refractivity contribution >= 4 is 29.3 Å². The minimum atomic E-state index is -0.896. The van der Waals surface area contributed by atoms with Crippen LogP contribution >= 0.6 is 11.8 Å². The predicted molar refractivity (Wildman–Crippen MR) is 112 cm³/mol. The number of hydrogen-bond donors (Lipinski definition) is 1. The highest BCUT2D eigenvalue weighted by Gasteiger charge is 2.27. The van der Waals surface area contributed by atoms with Gasteiger partial charge in [0.25, 0.3) is 11.6 Å². The van der Waals surface area contributed by atoms with Gasteiger partial charge in [-0.2, -0.15) is 0 Å². The number of nitro benzene ring substituents is 1. The van der Waals surface area contributed by atoms with Crippen molar-refractivity contribution in [3.63, 3.8) is 0 Å². The molecule has 0 aromatic heterocycles. The van der Waals surface area contributed by atoms with Crippen LogP contribution < -0.4 is 5.32 Å². The summed E-state index contributed by atoms with van der Waals surface area (Å²) in [6, 6.07) is 10.7. The van der Waals surface area contributed by atoms with E-state index in [0.29, 0.717) is 5.56 Å². The number of amides is 1. The lowest BCUT2D eigenvalue weighted by molar-refractivity contribution is -0.385. The Balaban J connectivity index is 2.39. The number of carbonyl (C=O) groups excluding carboxylic acids is 2. The first kappa shape index (κ1) is 22.4. The Morgan fingerprint density at radius 1 is 1.21 bits per heavy atom. The van der Waals surface area contributed by atoms with E-state index in [1.165, 1.54) is 23.9 Å². The van der Waals surface area contributed by atoms with Crippen molar-refractivity contribution in [3.05, 3.63) is 69.3 Å². The van der Waals surface area contributed by atoms with Crippen LogP contribution in [0.15, 0.2) is 47.4 Å². The monoisotopic (exact) mass is 416 g/mol. The zero-order valence-corrected chi connectivity index (χ0v) is 17.6. The Hall–Kier alpha value is -2.87. The molecule has 1 N–H and O–H groups in total. The molecule has 0 radical (unpaired) electrons. The number of nitro groups is 1. The number of carbonyl (C=O) groups is 2. The maximum absolute atomic E-state index is 13.0. The molecule has 8 heteroatoms. The van der Waals surface area contributed by atoms with E-state index in [2.05, 4.69) is 5.32 Å². The van der Waals surface area contributed by atoms with Gasteiger partial charge < -0.3 is 10.1 Å². The van der Waals surface area contributed by atoms with E-state index in [0.717, 1.165) is 10.5 Å². The van der Waals surface area contributed by atoms with Crippen molar-refractivity contribution in [2.24, 2.45) is 0 Å². The average molecular weight is 416 g/mol. The highest BCUT2D eigenvalue weighted by Crippen LogP contribution is 2.28. The molecule has 29 heavy (non-hydrogen) atoms. The molecule has 1 atom stereocenters. The molecule has 2 rings (SSSR count). The number of benzene rings is 2. The van der Waals surface area contributed by atoms with Crippen LogP contribution in [0.5, 0.6) is 0 Å². The fraction of sp³-hybridized carbons (Fsp3) is 0.333. The first-order valence-electron chi connectivity index (χ1n) is 9.11. The Labute approximate surface area is 174 Å². The molecule has 0 saturated heterocycles. The van der Waals surface area contributed by atoms with Crippen molar-refractivity contribution in [1.82, 2.24) is 5.32 Å². The van der Waals surface area contributed by atoms with Gasteiger partial charge in [0.15, 0.2) is 0 Å². The number of aryl methyl sites for hydroxylation is 1. The summed E-state index contributed by atoms with van der Waals surface area (Å²) in [5, 5.41) is 14.2. The number of thioether (sulfide) groups is 1. The van der Waals surface area contributed by atoms with Crippen LogP contribution in [0.2, 0.25) is 0 Å². The van der Waals surface area contributed by atoms with Gasteiger partial charge in [0.05, 0.1) is 29.1 Å². The van der Waals surface area contributed by atoms with Gasteiger partial charge in [-0.3, -0.25) is 19.7 Å². The van der Waals surface area contributed by atoms with Gasteiger partial charge in [-0.15, -0.1) is 11.8 Å². The minimum absolute atomic E-state index is 0.162. The van der Waals surface area contributed by atoms with Crippen LogP contribution in [0.25, 0.3) is 0 Å². The average Bonchev–Trinajstić information content (AvgIpc) is 2.67. The Morgan fingerprint density at radius 3 is 2.52 bits per heavy atom. The first-order chi connectivity index (χ1) is 13.7. The molecule has 0 bridgehead atoms. The van der Waals surface area contributed by atoms with Gasteiger partial charge in [0, 0.05) is 16.5 Å². The SMILES string of the molecule is CSc1ccc(C)c(C(=O)NC(CC(=O)OC(C)C)c2ccccc2[N+](=O)[O-])c1. The van der Waals surface area contributed by atoms with Crippen LogP contribution in [0.3, 0.4) is 0 Å². The fourth-order valence-corrected chi connectivity index (χ4v) is 3.31. The van der Waals surface area contributed by atoms with Gasteiger partial charge in [0.1, 0.15) is 0 Å². The molecule has 1 unspecified atom stereocenters. The van der Waals surface area contributed by atoms with E-state index in [-0.39, 0.29) is 23.8 Å². The summed E-state index contributed by atoms with van der Waals surface area (Å²) in [4.78, 5) is 37.1. The summed E-state index contributed by atoms with van der Waals surface area (Å²) in [5.41, 5.74) is 1.32. The molecule has 0 aliphatic carbocycles. The van der Waals surface area contributed by atoms with Crippen LogP contribution in [0.1, 0.15) is 47.8 Å². The van der Waals surface area contributed by atoms with Crippen molar-refractivity contribution in [3.8, 4) is 0 Å². The van der Waals surface area contributed by atoms with E-state index in [1.807, 2.05) is 25.3 Å². The standard InChI is InChI=1S/C21H24N2O5S/c1-13(2)28-20(24)12-18(16-7-5-6-8-19(16)23(26)27)22-21(25)17-11-15(29-4)10-9-14(17)3/h5-11,13,18H,12H2,1-4H3,(H,22,25). The van der Waals surface area contributed by atoms with E-state index in [9.17, 15) is 19.7 Å². The lowest BCUT2D eigenvalue weighted by Gasteiger charge is -2.20. The summed E-state index contributed by atoms with van der Waals surface area (Å²) in [6.07, 6.45) is 1.37. The number of nitrogens with one attached hydrogen (secondary N) is 1. The largest absolute Gasteiger partial charge is 0.463 e. The van der Waals surface area contributed by atoms with Crippen LogP contribution in [-0.2, 0) is 9.53 Å². The van der Waals surface area contributed by atoms with Crippen molar-refractivity contribution < 1.29 is 19.2 Å². The molecule has 1 amide bonds. The molecule has 2 aromatic carbocycles. The molecule has 7 nitrogen and oxygen atoms in total. The quantitative estimate of drug-likeness (QED) is 0.296. The highest BCUT2D eigenvalue weighted by atomic mass is 32.2. The van der Waals surface area contributed by atoms with E-state index >= 15 is 0 Å². The molecular weight excluding hydrogens is 392 g/mol. The van der Waals surface area contributed by atoms with E-state index in [1.54, 1.807) is 32.0 Å². The molecular formula is C21H24N2O5S. The molecule has 0 saturated carbocycles. The van der Waals surface area contributed by atoms with Crippen LogP contribution in [0, 0.1) is 17.0 Å². The number of ether oxygens (including phenoxy) is 1. The lowest BCUT2D eigenvalue weighted by atomic mass is 10.0. The van der Waals surface area contributed by atoms with Gasteiger partial charge >= 0.3 is 5.97 Å². The third kappa shape index (κ3) is 6.05. The number of hydrogen-bond acceptors (Lipinski definition) is 6. The second-order valence-electron chi connectivity index (χ2n) is 6.77. The number of rotatable bonds is 8. The lowest BCUT2D eigenvalue weighted by Crippen LogP contribution is -2.32. The first-order valence-corrected chi connectivity index (χ1v) is 10.3. The third-order valence-corrected chi connectivity index (χ3v) is 4.97. The molecule has 154 valence electrons.